The molecular weight excluding hydrogens is 469 g/mol. The maximum absolute atomic E-state index is 13.8. The van der Waals surface area contributed by atoms with Crippen LogP contribution >= 0.6 is 0 Å². The molecule has 0 radical (unpaired) electrons. The van der Waals surface area contributed by atoms with E-state index in [1.54, 1.807) is 29.0 Å². The molecule has 0 bridgehead atoms. The van der Waals surface area contributed by atoms with Crippen molar-refractivity contribution in [3.8, 4) is 5.75 Å². The number of imidazole rings is 1. The number of anilines is 1. The summed E-state index contributed by atoms with van der Waals surface area (Å²) >= 11 is 0. The summed E-state index contributed by atoms with van der Waals surface area (Å²) in [4.78, 5) is 20.5. The number of benzene rings is 2. The molecule has 36 heavy (non-hydrogen) atoms. The first-order valence-electron chi connectivity index (χ1n) is 11.8. The average Bonchev–Trinajstić information content (AvgIpc) is 3.41. The van der Waals surface area contributed by atoms with Gasteiger partial charge in [-0.05, 0) is 55.7 Å². The summed E-state index contributed by atoms with van der Waals surface area (Å²) in [6, 6.07) is 12.5. The molecule has 9 heteroatoms. The second-order valence-corrected chi connectivity index (χ2v) is 9.17. The minimum Gasteiger partial charge on any atom is -0.494 e. The second kappa shape index (κ2) is 9.04. The highest BCUT2D eigenvalue weighted by molar-refractivity contribution is 5.83. The van der Waals surface area contributed by atoms with E-state index in [0.717, 1.165) is 36.0 Å². The van der Waals surface area contributed by atoms with Crippen LogP contribution in [0.2, 0.25) is 0 Å². The summed E-state index contributed by atoms with van der Waals surface area (Å²) in [6.45, 7) is 5.14. The molecule has 0 spiro atoms. The number of pyridine rings is 1. The first-order valence-corrected chi connectivity index (χ1v) is 11.8. The summed E-state index contributed by atoms with van der Waals surface area (Å²) in [5.74, 6) is 0.446. The molecule has 1 aliphatic rings. The lowest BCUT2D eigenvalue weighted by Crippen LogP contribution is -2.30. The average molecular weight is 497 g/mol. The van der Waals surface area contributed by atoms with Crippen molar-refractivity contribution in [3.63, 3.8) is 0 Å². The summed E-state index contributed by atoms with van der Waals surface area (Å²) in [5, 5.41) is 0. The quantitative estimate of drug-likeness (QED) is 0.374. The Bertz CT molecular complexity index is 1470. The van der Waals surface area contributed by atoms with Crippen LogP contribution in [0.15, 0.2) is 59.5 Å². The third-order valence-corrected chi connectivity index (χ3v) is 6.97. The highest BCUT2D eigenvalue weighted by atomic mass is 19.4. The van der Waals surface area contributed by atoms with Crippen molar-refractivity contribution in [2.75, 3.05) is 25.1 Å². The molecule has 0 N–H and O–H groups in total. The summed E-state index contributed by atoms with van der Waals surface area (Å²) in [6.07, 6.45) is -2.01. The van der Waals surface area contributed by atoms with Gasteiger partial charge in [0.1, 0.15) is 11.3 Å². The zero-order valence-electron chi connectivity index (χ0n) is 20.3. The number of aromatic nitrogens is 3. The highest BCUT2D eigenvalue weighted by Crippen LogP contribution is 2.35. The predicted octanol–water partition coefficient (Wildman–Crippen LogP) is 5.34. The van der Waals surface area contributed by atoms with E-state index in [2.05, 4.69) is 9.88 Å². The van der Waals surface area contributed by atoms with Crippen LogP contribution < -0.4 is 15.3 Å². The van der Waals surface area contributed by atoms with Gasteiger partial charge in [-0.1, -0.05) is 24.3 Å². The van der Waals surface area contributed by atoms with E-state index in [9.17, 15) is 18.0 Å². The minimum atomic E-state index is -4.52. The highest BCUT2D eigenvalue weighted by Gasteiger charge is 2.34. The molecule has 2 aromatic carbocycles. The molecule has 5 rings (SSSR count). The number of alkyl halides is 3. The summed E-state index contributed by atoms with van der Waals surface area (Å²) < 4.78 is 49.8. The molecule has 0 unspecified atom stereocenters. The lowest BCUT2D eigenvalue weighted by Gasteiger charge is -2.22. The summed E-state index contributed by atoms with van der Waals surface area (Å²) in [7, 11) is 1.50. The Kier molecular flexibility index (Phi) is 6.02. The predicted molar refractivity (Wildman–Crippen MR) is 133 cm³/mol. The van der Waals surface area contributed by atoms with Crippen molar-refractivity contribution in [2.45, 2.75) is 39.0 Å². The van der Waals surface area contributed by atoms with E-state index in [1.807, 2.05) is 26.0 Å². The Morgan fingerprint density at radius 2 is 1.86 bits per heavy atom. The standard InChI is InChI=1S/C27H27F3N4O2/c1-17-11-13-31-18(2)24(17)32-14-12-20(16-32)34-22-9-6-10-23(36-3)25(22)33(26(34)35)15-19-7-4-5-8-21(19)27(28,29)30/h4-11,13,20H,12,14-16H2,1-3H3/t20-/m1/s1. The number of nitrogens with zero attached hydrogens (tertiary/aromatic N) is 4. The van der Waals surface area contributed by atoms with Gasteiger partial charge < -0.3 is 9.64 Å². The van der Waals surface area contributed by atoms with Crippen LogP contribution in [0.25, 0.3) is 11.0 Å². The van der Waals surface area contributed by atoms with Crippen LogP contribution in [0.3, 0.4) is 0 Å². The first-order chi connectivity index (χ1) is 17.2. The van der Waals surface area contributed by atoms with Gasteiger partial charge in [0.15, 0.2) is 0 Å². The van der Waals surface area contributed by atoms with Gasteiger partial charge in [-0.3, -0.25) is 14.1 Å². The van der Waals surface area contributed by atoms with Crippen LogP contribution in [0.1, 0.15) is 34.8 Å². The first kappa shape index (κ1) is 24.0. The van der Waals surface area contributed by atoms with Gasteiger partial charge in [0, 0.05) is 19.3 Å². The largest absolute Gasteiger partial charge is 0.494 e. The molecular formula is C27H27F3N4O2. The third-order valence-electron chi connectivity index (χ3n) is 6.97. The molecule has 0 amide bonds. The van der Waals surface area contributed by atoms with E-state index in [1.165, 1.54) is 23.8 Å². The van der Waals surface area contributed by atoms with E-state index in [-0.39, 0.29) is 23.8 Å². The minimum absolute atomic E-state index is 0.0340. The van der Waals surface area contributed by atoms with Crippen molar-refractivity contribution in [2.24, 2.45) is 0 Å². The monoisotopic (exact) mass is 496 g/mol. The Labute approximate surface area is 206 Å². The number of aryl methyl sites for hydroxylation is 2. The fourth-order valence-electron chi connectivity index (χ4n) is 5.39. The van der Waals surface area contributed by atoms with Crippen LogP contribution in [-0.2, 0) is 12.7 Å². The van der Waals surface area contributed by atoms with E-state index >= 15 is 0 Å². The maximum atomic E-state index is 13.8. The molecule has 1 aliphatic heterocycles. The number of rotatable bonds is 5. The van der Waals surface area contributed by atoms with Gasteiger partial charge in [-0.2, -0.15) is 13.2 Å². The molecule has 1 fully saturated rings. The van der Waals surface area contributed by atoms with Crippen LogP contribution in [0.5, 0.6) is 5.75 Å². The van der Waals surface area contributed by atoms with Crippen molar-refractivity contribution >= 4 is 16.7 Å². The third kappa shape index (κ3) is 4.02. The van der Waals surface area contributed by atoms with Crippen molar-refractivity contribution in [3.05, 3.63) is 87.6 Å². The lowest BCUT2D eigenvalue weighted by molar-refractivity contribution is -0.138. The Morgan fingerprint density at radius 1 is 1.08 bits per heavy atom. The molecule has 1 saturated heterocycles. The number of hydrogen-bond acceptors (Lipinski definition) is 4. The molecule has 1 atom stereocenters. The van der Waals surface area contributed by atoms with Crippen LogP contribution in [0.4, 0.5) is 18.9 Å². The number of halogens is 3. The van der Waals surface area contributed by atoms with E-state index < -0.39 is 11.7 Å². The van der Waals surface area contributed by atoms with E-state index in [4.69, 9.17) is 4.74 Å². The SMILES string of the molecule is COc1cccc2c1n(Cc1ccccc1C(F)(F)F)c(=O)n2[C@@H]1CCN(c2c(C)ccnc2C)C1. The van der Waals surface area contributed by atoms with Crippen molar-refractivity contribution < 1.29 is 17.9 Å². The zero-order valence-corrected chi connectivity index (χ0v) is 20.3. The molecule has 0 aliphatic carbocycles. The maximum Gasteiger partial charge on any atom is 0.416 e. The number of methoxy groups -OCH3 is 1. The topological polar surface area (TPSA) is 52.3 Å². The van der Waals surface area contributed by atoms with Crippen molar-refractivity contribution in [1.29, 1.82) is 0 Å². The van der Waals surface area contributed by atoms with Crippen molar-refractivity contribution in [1.82, 2.24) is 14.1 Å². The number of hydrogen-bond donors (Lipinski definition) is 0. The lowest BCUT2D eigenvalue weighted by atomic mass is 10.1. The zero-order chi connectivity index (χ0) is 25.6. The fraction of sp³-hybridized carbons (Fsp3) is 0.333. The Balaban J connectivity index is 1.61. The normalized spacial score (nSPS) is 16.2. The van der Waals surface area contributed by atoms with Gasteiger partial charge in [0.05, 0.1) is 42.2 Å². The second-order valence-electron chi connectivity index (χ2n) is 9.17. The van der Waals surface area contributed by atoms with Gasteiger partial charge in [-0.15, -0.1) is 0 Å². The smallest absolute Gasteiger partial charge is 0.416 e. The fourth-order valence-corrected chi connectivity index (χ4v) is 5.39. The number of fused-ring (bicyclic) bond motifs is 1. The molecule has 188 valence electrons. The van der Waals surface area contributed by atoms with Gasteiger partial charge in [-0.25, -0.2) is 4.79 Å². The van der Waals surface area contributed by atoms with Crippen LogP contribution in [-0.4, -0.2) is 34.3 Å². The molecule has 4 aromatic rings. The molecule has 2 aromatic heterocycles. The number of para-hydroxylation sites is 1. The summed E-state index contributed by atoms with van der Waals surface area (Å²) in [5.41, 5.74) is 3.18. The van der Waals surface area contributed by atoms with E-state index in [0.29, 0.717) is 23.3 Å². The van der Waals surface area contributed by atoms with Gasteiger partial charge >= 0.3 is 11.9 Å². The van der Waals surface area contributed by atoms with Gasteiger partial charge in [0.2, 0.25) is 0 Å². The molecule has 3 heterocycles. The van der Waals surface area contributed by atoms with Crippen LogP contribution in [0, 0.1) is 13.8 Å². The van der Waals surface area contributed by atoms with Gasteiger partial charge in [0.25, 0.3) is 0 Å². The Morgan fingerprint density at radius 3 is 2.58 bits per heavy atom. The molecule has 6 nitrogen and oxygen atoms in total. The molecule has 0 saturated carbocycles. The Hall–Kier alpha value is -3.75. The number of ether oxygens (including phenoxy) is 1.